The van der Waals surface area contributed by atoms with Crippen molar-refractivity contribution in [3.8, 4) is 5.75 Å². The van der Waals surface area contributed by atoms with Crippen LogP contribution in [0.15, 0.2) is 48.6 Å². The number of piperidine rings is 1. The van der Waals surface area contributed by atoms with Gasteiger partial charge in [-0.05, 0) is 88.3 Å². The molecule has 1 saturated carbocycles. The quantitative estimate of drug-likeness (QED) is 0.164. The van der Waals surface area contributed by atoms with Gasteiger partial charge in [0.2, 0.25) is 5.60 Å². The van der Waals surface area contributed by atoms with Crippen LogP contribution in [-0.2, 0) is 45.8 Å². The lowest BCUT2D eigenvalue weighted by atomic mass is 9.47. The average Bonchev–Trinajstić information content (AvgIpc) is 3.92. The second-order valence-electron chi connectivity index (χ2n) is 19.3. The summed E-state index contributed by atoms with van der Waals surface area (Å²) < 4.78 is 24.3. The second kappa shape index (κ2) is 15.1. The molecule has 5 aliphatic heterocycles. The number of anilines is 1. The lowest BCUT2D eigenvalue weighted by Crippen LogP contribution is -2.81. The first-order valence-corrected chi connectivity index (χ1v) is 22.3. The highest BCUT2D eigenvalue weighted by molar-refractivity contribution is 5.95. The highest BCUT2D eigenvalue weighted by Gasteiger charge is 2.80. The Balaban J connectivity index is 1.34. The molecule has 10 atom stereocenters. The molecule has 6 aliphatic rings. The number of hydrogen-bond acceptors (Lipinski definition) is 13. The third kappa shape index (κ3) is 5.75. The van der Waals surface area contributed by atoms with Crippen LogP contribution in [0.25, 0.3) is 10.9 Å². The summed E-state index contributed by atoms with van der Waals surface area (Å²) in [4.78, 5) is 56.0. The zero-order chi connectivity index (χ0) is 44.1. The third-order valence-corrected chi connectivity index (χ3v) is 16.0. The van der Waals surface area contributed by atoms with Crippen molar-refractivity contribution < 1.29 is 43.5 Å². The van der Waals surface area contributed by atoms with Gasteiger partial charge in [-0.1, -0.05) is 44.2 Å². The van der Waals surface area contributed by atoms with Gasteiger partial charge in [0.05, 0.1) is 39.5 Å². The number of H-pyrrole nitrogens is 1. The van der Waals surface area contributed by atoms with E-state index in [0.29, 0.717) is 82.6 Å². The molecule has 14 heteroatoms. The first-order valence-electron chi connectivity index (χ1n) is 22.3. The molecule has 3 aromatic rings. The minimum Gasteiger partial charge on any atom is -0.496 e. The third-order valence-electron chi connectivity index (χ3n) is 16.0. The highest BCUT2D eigenvalue weighted by Crippen LogP contribution is 2.68. The van der Waals surface area contributed by atoms with Crippen molar-refractivity contribution in [3.63, 3.8) is 0 Å². The summed E-state index contributed by atoms with van der Waals surface area (Å²) in [5.41, 5.74) is -1.74. The predicted molar refractivity (Wildman–Crippen MR) is 233 cm³/mol. The number of benzene rings is 2. The Morgan fingerprint density at radius 1 is 0.952 bits per heavy atom. The minimum absolute atomic E-state index is 0.0438. The summed E-state index contributed by atoms with van der Waals surface area (Å²) in [6.45, 7) is 7.26. The Kier molecular flexibility index (Phi) is 10.4. The summed E-state index contributed by atoms with van der Waals surface area (Å²) in [7, 11) is 9.72. The summed E-state index contributed by atoms with van der Waals surface area (Å²) in [6, 6.07) is 10.9. The number of carbonyl (C=O) groups excluding carboxylic acids is 3. The van der Waals surface area contributed by atoms with Gasteiger partial charge in [-0.3, -0.25) is 24.3 Å². The molecule has 3 N–H and O–H groups in total. The van der Waals surface area contributed by atoms with Crippen LogP contribution in [0.5, 0.6) is 5.75 Å². The number of aliphatic hydroxyl groups is 2. The van der Waals surface area contributed by atoms with Crippen LogP contribution in [-0.4, -0.2) is 159 Å². The number of para-hydroxylation sites is 1. The van der Waals surface area contributed by atoms with E-state index in [1.54, 1.807) is 26.1 Å². The van der Waals surface area contributed by atoms with Gasteiger partial charge in [0.15, 0.2) is 6.10 Å². The van der Waals surface area contributed by atoms with Gasteiger partial charge in [-0.2, -0.15) is 0 Å². The summed E-state index contributed by atoms with van der Waals surface area (Å²) in [5, 5.41) is 26.6. The topological polar surface area (TPSA) is 157 Å². The first-order chi connectivity index (χ1) is 29.6. The van der Waals surface area contributed by atoms with Gasteiger partial charge in [-0.25, -0.2) is 4.79 Å². The number of ether oxygens (including phenoxy) is 4. The fourth-order valence-electron chi connectivity index (χ4n) is 13.8. The molecule has 14 nitrogen and oxygen atoms in total. The van der Waals surface area contributed by atoms with Crippen molar-refractivity contribution in [2.45, 2.75) is 92.6 Å². The first kappa shape index (κ1) is 42.8. The van der Waals surface area contributed by atoms with Crippen LogP contribution >= 0.6 is 0 Å². The fourth-order valence-corrected chi connectivity index (χ4v) is 13.8. The van der Waals surface area contributed by atoms with E-state index >= 15 is 4.79 Å². The number of fused-ring (bicyclic) bond motifs is 6. The molecule has 2 saturated heterocycles. The van der Waals surface area contributed by atoms with Crippen molar-refractivity contribution in [3.05, 3.63) is 70.9 Å². The molecule has 334 valence electrons. The Labute approximate surface area is 364 Å². The van der Waals surface area contributed by atoms with Gasteiger partial charge >= 0.3 is 17.9 Å². The Hall–Kier alpha value is -4.47. The number of likely N-dealkylation sites (N-methyl/N-ethyl adjacent to an activating group) is 2. The van der Waals surface area contributed by atoms with Crippen molar-refractivity contribution in [1.82, 2.24) is 19.7 Å². The lowest BCUT2D eigenvalue weighted by Gasteiger charge is -2.63. The number of hydrogen-bond donors (Lipinski definition) is 3. The maximum Gasteiger partial charge on any atom is 0.344 e. The lowest BCUT2D eigenvalue weighted by molar-refractivity contribution is -0.229. The molecule has 0 amide bonds. The molecule has 1 aliphatic carbocycles. The standard InChI is InChI=1S/C48H63N5O9/c1-9-44(57)24-29-25-47(42(55)60-7,38-31(16-20-52(26-29)28-44)30-14-11-12-15-34(30)49-38)33-22-32-35(23-36(33)59-6)51(5)40-46(32)18-21-53-19-13-17-45(10-2,39(46)53)41(48(40,58)43(56)61-8)62-37(54)27-50(3)4/h11-15,17,22-23,29,39-41,49,57-58H,9-10,16,18-21,24-28H2,1-8H3/t29?,39-,40+,41+,44+,45?,46+,47+,48-/m1/s1. The van der Waals surface area contributed by atoms with Crippen LogP contribution in [0.1, 0.15) is 68.3 Å². The van der Waals surface area contributed by atoms with E-state index in [-0.39, 0.29) is 18.5 Å². The summed E-state index contributed by atoms with van der Waals surface area (Å²) in [5.74, 6) is -1.53. The monoisotopic (exact) mass is 853 g/mol. The molecular weight excluding hydrogens is 791 g/mol. The number of rotatable bonds is 9. The van der Waals surface area contributed by atoms with E-state index < -0.39 is 57.5 Å². The van der Waals surface area contributed by atoms with E-state index in [9.17, 15) is 19.8 Å². The molecule has 62 heavy (non-hydrogen) atoms. The van der Waals surface area contributed by atoms with Crippen LogP contribution in [0.2, 0.25) is 0 Å². The SMILES string of the molecule is CCC12C=CCN3CC[C@]4(c5cc([C@@]6(C(=O)OC)CC7CN(CCc8c6[nH]c6ccccc86)C[C@](O)(CC)C7)c(OC)cc5N(C)[C@@H]4[C@](O)(C(=O)OC)[C@H]1OC(=O)CN(C)C)[C@H]32. The maximum atomic E-state index is 15.4. The molecule has 3 fully saturated rings. The zero-order valence-electron chi connectivity index (χ0n) is 37.5. The van der Waals surface area contributed by atoms with E-state index in [2.05, 4.69) is 39.1 Å². The van der Waals surface area contributed by atoms with Crippen LogP contribution < -0.4 is 9.64 Å². The number of carbonyl (C=O) groups is 3. The van der Waals surface area contributed by atoms with Gasteiger partial charge in [0, 0.05) is 84.0 Å². The van der Waals surface area contributed by atoms with E-state index in [4.69, 9.17) is 18.9 Å². The van der Waals surface area contributed by atoms with E-state index in [1.807, 2.05) is 50.1 Å². The predicted octanol–water partition coefficient (Wildman–Crippen LogP) is 3.53. The maximum absolute atomic E-state index is 15.4. The largest absolute Gasteiger partial charge is 0.496 e. The van der Waals surface area contributed by atoms with Gasteiger partial charge in [0.25, 0.3) is 0 Å². The van der Waals surface area contributed by atoms with Gasteiger partial charge < -0.3 is 39.0 Å². The molecule has 2 bridgehead atoms. The van der Waals surface area contributed by atoms with Crippen molar-refractivity contribution >= 4 is 34.5 Å². The smallest absolute Gasteiger partial charge is 0.344 e. The minimum atomic E-state index is -2.33. The number of aromatic nitrogens is 1. The number of nitrogens with one attached hydrogen (secondary N) is 1. The van der Waals surface area contributed by atoms with Crippen molar-refractivity contribution in [1.29, 1.82) is 0 Å². The Morgan fingerprint density at radius 2 is 1.71 bits per heavy atom. The number of aromatic amines is 1. The molecule has 9 rings (SSSR count). The van der Waals surface area contributed by atoms with E-state index in [1.165, 1.54) is 14.2 Å². The molecule has 2 aromatic carbocycles. The molecule has 0 radical (unpaired) electrons. The zero-order valence-corrected chi connectivity index (χ0v) is 37.5. The van der Waals surface area contributed by atoms with Crippen LogP contribution in [0.3, 0.4) is 0 Å². The molecule has 3 unspecified atom stereocenters. The van der Waals surface area contributed by atoms with Gasteiger partial charge in [0.1, 0.15) is 11.2 Å². The Morgan fingerprint density at radius 3 is 2.40 bits per heavy atom. The van der Waals surface area contributed by atoms with Gasteiger partial charge in [-0.15, -0.1) is 0 Å². The number of esters is 3. The van der Waals surface area contributed by atoms with Crippen LogP contribution in [0, 0.1) is 11.3 Å². The Bertz CT molecular complexity index is 2330. The molecule has 1 aromatic heterocycles. The van der Waals surface area contributed by atoms with Crippen molar-refractivity contribution in [2.75, 3.05) is 86.6 Å². The fraction of sp³-hybridized carbons (Fsp3) is 0.604. The molecule has 6 heterocycles. The van der Waals surface area contributed by atoms with Crippen LogP contribution in [0.4, 0.5) is 5.69 Å². The second-order valence-corrected chi connectivity index (χ2v) is 19.3. The highest BCUT2D eigenvalue weighted by atomic mass is 16.6. The number of nitrogens with zero attached hydrogens (tertiary/aromatic N) is 4. The number of methoxy groups -OCH3 is 3. The summed E-state index contributed by atoms with van der Waals surface area (Å²) >= 11 is 0. The van der Waals surface area contributed by atoms with Crippen molar-refractivity contribution in [2.24, 2.45) is 11.3 Å². The molecular formula is C48H63N5O9. The normalized spacial score (nSPS) is 35.9. The molecule has 1 spiro atoms. The average molecular weight is 854 g/mol. The van der Waals surface area contributed by atoms with E-state index in [0.717, 1.165) is 33.4 Å². The summed E-state index contributed by atoms with van der Waals surface area (Å²) in [6.07, 6.45) is 5.90.